The molecule has 0 amide bonds. The minimum atomic E-state index is -0.342. The van der Waals surface area contributed by atoms with E-state index in [1.807, 2.05) is 19.1 Å². The topological polar surface area (TPSA) is 53.2 Å². The largest absolute Gasteiger partial charge is 0.496 e. The van der Waals surface area contributed by atoms with Crippen LogP contribution in [0.15, 0.2) is 18.2 Å². The van der Waals surface area contributed by atoms with E-state index in [-0.39, 0.29) is 11.4 Å². The zero-order chi connectivity index (χ0) is 12.8. The van der Waals surface area contributed by atoms with Crippen molar-refractivity contribution in [2.24, 2.45) is 0 Å². The van der Waals surface area contributed by atoms with Gasteiger partial charge in [-0.3, -0.25) is 0 Å². The molecule has 0 aliphatic heterocycles. The highest BCUT2D eigenvalue weighted by atomic mass is 32.2. The lowest BCUT2D eigenvalue weighted by molar-refractivity contribution is 0.196. The fourth-order valence-corrected chi connectivity index (χ4v) is 2.27. The molecule has 1 N–H and O–H groups in total. The molecule has 3 nitrogen and oxygen atoms in total. The summed E-state index contributed by atoms with van der Waals surface area (Å²) in [5.41, 5.74) is 1.62. The molecular formula is C13H17NO2S. The van der Waals surface area contributed by atoms with Crippen molar-refractivity contribution < 1.29 is 9.84 Å². The molecule has 0 bridgehead atoms. The second kappa shape index (κ2) is 6.53. The van der Waals surface area contributed by atoms with Crippen LogP contribution in [0.5, 0.6) is 5.75 Å². The Bertz CT molecular complexity index is 412. The lowest BCUT2D eigenvalue weighted by Crippen LogP contribution is -2.15. The highest BCUT2D eigenvalue weighted by Gasteiger charge is 2.11. The van der Waals surface area contributed by atoms with Crippen molar-refractivity contribution in [1.29, 1.82) is 5.26 Å². The Kier molecular flexibility index (Phi) is 5.33. The lowest BCUT2D eigenvalue weighted by Gasteiger charge is -2.15. The molecule has 0 heterocycles. The monoisotopic (exact) mass is 251 g/mol. The van der Waals surface area contributed by atoms with E-state index in [1.165, 1.54) is 0 Å². The molecule has 2 atom stereocenters. The predicted octanol–water partition coefficient (Wildman–Crippen LogP) is 2.57. The lowest BCUT2D eigenvalue weighted by atomic mass is 10.1. The fourth-order valence-electron chi connectivity index (χ4n) is 1.32. The Balaban J connectivity index is 2.78. The number of aliphatic hydroxyl groups is 1. The van der Waals surface area contributed by atoms with Crippen LogP contribution in [0.1, 0.15) is 25.0 Å². The molecule has 92 valence electrons. The van der Waals surface area contributed by atoms with Gasteiger partial charge in [0.15, 0.2) is 0 Å². The van der Waals surface area contributed by atoms with Crippen molar-refractivity contribution in [2.75, 3.05) is 7.11 Å². The molecule has 1 aromatic carbocycles. The SMILES string of the molecule is COc1ccc(C#N)cc1CSC(C)C(C)O. The van der Waals surface area contributed by atoms with Gasteiger partial charge < -0.3 is 9.84 Å². The summed E-state index contributed by atoms with van der Waals surface area (Å²) in [6.45, 7) is 3.76. The minimum Gasteiger partial charge on any atom is -0.496 e. The van der Waals surface area contributed by atoms with Crippen molar-refractivity contribution in [3.63, 3.8) is 0 Å². The molecule has 1 rings (SSSR count). The average molecular weight is 251 g/mol. The molecule has 0 fully saturated rings. The van der Waals surface area contributed by atoms with Gasteiger partial charge >= 0.3 is 0 Å². The Morgan fingerprint density at radius 2 is 2.18 bits per heavy atom. The zero-order valence-electron chi connectivity index (χ0n) is 10.3. The Morgan fingerprint density at radius 1 is 1.47 bits per heavy atom. The van der Waals surface area contributed by atoms with Crippen LogP contribution in [-0.2, 0) is 5.75 Å². The van der Waals surface area contributed by atoms with Crippen molar-refractivity contribution in [2.45, 2.75) is 31.0 Å². The third kappa shape index (κ3) is 3.95. The van der Waals surface area contributed by atoms with Crippen molar-refractivity contribution in [3.05, 3.63) is 29.3 Å². The summed E-state index contributed by atoms with van der Waals surface area (Å²) < 4.78 is 5.25. The second-order valence-electron chi connectivity index (χ2n) is 3.90. The van der Waals surface area contributed by atoms with Gasteiger partial charge in [-0.15, -0.1) is 0 Å². The number of nitriles is 1. The molecule has 0 spiro atoms. The molecule has 2 unspecified atom stereocenters. The summed E-state index contributed by atoms with van der Waals surface area (Å²) >= 11 is 1.65. The quantitative estimate of drug-likeness (QED) is 0.874. The van der Waals surface area contributed by atoms with E-state index in [2.05, 4.69) is 6.07 Å². The Hall–Kier alpha value is -1.18. The molecule has 0 saturated heterocycles. The van der Waals surface area contributed by atoms with Gasteiger partial charge in [-0.1, -0.05) is 6.92 Å². The first-order chi connectivity index (χ1) is 8.08. The maximum atomic E-state index is 9.42. The standard InChI is InChI=1S/C13H17NO2S/c1-9(15)10(2)17-8-12-6-11(7-14)4-5-13(12)16-3/h4-6,9-10,15H,8H2,1-3H3. The molecule has 0 aliphatic carbocycles. The molecular weight excluding hydrogens is 234 g/mol. The maximum Gasteiger partial charge on any atom is 0.122 e. The Labute approximate surface area is 106 Å². The fraction of sp³-hybridized carbons (Fsp3) is 0.462. The van der Waals surface area contributed by atoms with Crippen LogP contribution >= 0.6 is 11.8 Å². The summed E-state index contributed by atoms with van der Waals surface area (Å²) in [4.78, 5) is 0. The summed E-state index contributed by atoms with van der Waals surface area (Å²) in [6.07, 6.45) is -0.342. The van der Waals surface area contributed by atoms with Gasteiger partial charge in [-0.05, 0) is 25.1 Å². The van der Waals surface area contributed by atoms with E-state index in [0.29, 0.717) is 5.56 Å². The first kappa shape index (κ1) is 13.9. The normalized spacial score (nSPS) is 13.8. The third-order valence-corrected chi connectivity index (χ3v) is 3.99. The molecule has 0 aliphatic rings. The number of aliphatic hydroxyl groups excluding tert-OH is 1. The summed E-state index contributed by atoms with van der Waals surface area (Å²) in [5, 5.41) is 18.4. The van der Waals surface area contributed by atoms with Crippen LogP contribution in [0, 0.1) is 11.3 Å². The van der Waals surface area contributed by atoms with Gasteiger partial charge in [0.1, 0.15) is 5.75 Å². The predicted molar refractivity (Wildman–Crippen MR) is 70.1 cm³/mol. The molecule has 0 saturated carbocycles. The number of rotatable bonds is 5. The van der Waals surface area contributed by atoms with Crippen molar-refractivity contribution in [1.82, 2.24) is 0 Å². The molecule has 17 heavy (non-hydrogen) atoms. The van der Waals surface area contributed by atoms with Crippen LogP contribution in [0.25, 0.3) is 0 Å². The number of thioether (sulfide) groups is 1. The van der Waals surface area contributed by atoms with Crippen molar-refractivity contribution >= 4 is 11.8 Å². The molecule has 4 heteroatoms. The first-order valence-corrected chi connectivity index (χ1v) is 6.50. The van der Waals surface area contributed by atoms with Gasteiger partial charge in [0, 0.05) is 16.6 Å². The van der Waals surface area contributed by atoms with Gasteiger partial charge in [0.05, 0.1) is 24.8 Å². The summed E-state index contributed by atoms with van der Waals surface area (Å²) in [5.74, 6) is 1.51. The number of hydrogen-bond acceptors (Lipinski definition) is 4. The molecule has 1 aromatic rings. The zero-order valence-corrected chi connectivity index (χ0v) is 11.1. The van der Waals surface area contributed by atoms with Crippen LogP contribution < -0.4 is 4.74 Å². The van der Waals surface area contributed by atoms with Crippen LogP contribution in [0.2, 0.25) is 0 Å². The van der Waals surface area contributed by atoms with E-state index in [1.54, 1.807) is 31.9 Å². The van der Waals surface area contributed by atoms with E-state index < -0.39 is 0 Å². The number of benzene rings is 1. The van der Waals surface area contributed by atoms with Gasteiger partial charge in [0.2, 0.25) is 0 Å². The summed E-state index contributed by atoms with van der Waals surface area (Å²) in [6, 6.07) is 7.50. The number of methoxy groups -OCH3 is 1. The van der Waals surface area contributed by atoms with Crippen LogP contribution in [0.4, 0.5) is 0 Å². The average Bonchev–Trinajstić information content (AvgIpc) is 2.35. The molecule has 0 aromatic heterocycles. The number of hydrogen-bond donors (Lipinski definition) is 1. The smallest absolute Gasteiger partial charge is 0.122 e. The van der Waals surface area contributed by atoms with E-state index >= 15 is 0 Å². The van der Waals surface area contributed by atoms with Gasteiger partial charge in [0.25, 0.3) is 0 Å². The van der Waals surface area contributed by atoms with Gasteiger partial charge in [-0.25, -0.2) is 0 Å². The third-order valence-electron chi connectivity index (χ3n) is 2.59. The minimum absolute atomic E-state index is 0.158. The Morgan fingerprint density at radius 3 is 2.71 bits per heavy atom. The molecule has 0 radical (unpaired) electrons. The van der Waals surface area contributed by atoms with E-state index in [4.69, 9.17) is 10.00 Å². The maximum absolute atomic E-state index is 9.42. The highest BCUT2D eigenvalue weighted by molar-refractivity contribution is 7.99. The number of ether oxygens (including phenoxy) is 1. The van der Waals surface area contributed by atoms with Crippen molar-refractivity contribution in [3.8, 4) is 11.8 Å². The van der Waals surface area contributed by atoms with E-state index in [9.17, 15) is 5.11 Å². The van der Waals surface area contributed by atoms with Crippen LogP contribution in [0.3, 0.4) is 0 Å². The number of nitrogens with zero attached hydrogens (tertiary/aromatic N) is 1. The van der Waals surface area contributed by atoms with Crippen LogP contribution in [-0.4, -0.2) is 23.6 Å². The first-order valence-electron chi connectivity index (χ1n) is 5.45. The summed E-state index contributed by atoms with van der Waals surface area (Å²) in [7, 11) is 1.62. The van der Waals surface area contributed by atoms with Gasteiger partial charge in [-0.2, -0.15) is 17.0 Å². The second-order valence-corrected chi connectivity index (χ2v) is 5.26. The highest BCUT2D eigenvalue weighted by Crippen LogP contribution is 2.27. The van der Waals surface area contributed by atoms with E-state index in [0.717, 1.165) is 17.1 Å².